The summed E-state index contributed by atoms with van der Waals surface area (Å²) >= 11 is 0. The van der Waals surface area contributed by atoms with E-state index in [-0.39, 0.29) is 18.5 Å². The second-order valence-electron chi connectivity index (χ2n) is 22.8. The maximum absolute atomic E-state index is 12.4. The first kappa shape index (κ1) is 72.1. The van der Waals surface area contributed by atoms with E-state index in [4.69, 9.17) is 4.74 Å². The number of allylic oxidation sites excluding steroid dienone is 5. The minimum absolute atomic E-state index is 0.0140. The largest absolute Gasteiger partial charge is 0.466 e. The summed E-state index contributed by atoms with van der Waals surface area (Å²) in [5, 5.41) is 23.0. The fraction of sp³-hybridized carbons (Fsp3) is 0.882. The van der Waals surface area contributed by atoms with Gasteiger partial charge in [0.05, 0.1) is 25.4 Å². The average Bonchev–Trinajstić information content (AvgIpc) is 3.40. The molecule has 0 aliphatic heterocycles. The minimum atomic E-state index is -0.841. The molecule has 0 aromatic carbocycles. The van der Waals surface area contributed by atoms with Crippen molar-refractivity contribution in [3.63, 3.8) is 0 Å². The zero-order valence-electron chi connectivity index (χ0n) is 49.8. The van der Waals surface area contributed by atoms with E-state index >= 15 is 0 Å². The predicted molar refractivity (Wildman–Crippen MR) is 324 cm³/mol. The third-order valence-electron chi connectivity index (χ3n) is 15.4. The highest BCUT2D eigenvalue weighted by Gasteiger charge is 2.18. The second-order valence-corrected chi connectivity index (χ2v) is 22.8. The van der Waals surface area contributed by atoms with Gasteiger partial charge in [0.25, 0.3) is 0 Å². The number of unbranched alkanes of at least 4 members (excludes halogenated alkanes) is 47. The molecule has 436 valence electrons. The van der Waals surface area contributed by atoms with Gasteiger partial charge in [-0.25, -0.2) is 0 Å². The number of aliphatic hydroxyl groups is 2. The van der Waals surface area contributed by atoms with Crippen LogP contribution in [0, 0.1) is 0 Å². The van der Waals surface area contributed by atoms with Gasteiger partial charge in [0.15, 0.2) is 0 Å². The lowest BCUT2D eigenvalue weighted by atomic mass is 10.0. The van der Waals surface area contributed by atoms with E-state index < -0.39 is 12.1 Å². The Bertz CT molecular complexity index is 1200. The Balaban J connectivity index is 3.34. The summed E-state index contributed by atoms with van der Waals surface area (Å²) in [6.45, 7) is 4.89. The molecule has 0 bridgehead atoms. The third-order valence-corrected chi connectivity index (χ3v) is 15.4. The van der Waals surface area contributed by atoms with Gasteiger partial charge in [-0.05, 0) is 83.5 Å². The van der Waals surface area contributed by atoms with Crippen molar-refractivity contribution in [2.75, 3.05) is 13.2 Å². The standard InChI is InChI=1S/C68H129NO5/c1-3-5-7-9-11-13-14-15-16-17-33-36-39-42-46-50-54-58-62-68(73)74-63-59-55-51-47-43-40-37-34-31-29-27-25-23-21-19-18-20-22-24-26-28-30-32-35-38-41-45-49-53-57-61-67(72)69-65(64-70)66(71)60-56-52-48-44-12-10-8-6-4-2/h16-17,19,21,56,60,65-66,70-71H,3-15,18,20,22-55,57-59,61-64H2,1-2H3,(H,69,72)/b17-16-,21-19-,60-56+. The molecule has 0 aromatic heterocycles. The molecule has 1 amide bonds. The summed E-state index contributed by atoms with van der Waals surface area (Å²) in [6, 6.07) is -0.624. The molecular formula is C68H129NO5. The molecule has 0 rings (SSSR count). The predicted octanol–water partition coefficient (Wildman–Crippen LogP) is 21.1. The molecule has 0 aromatic rings. The van der Waals surface area contributed by atoms with Crippen LogP contribution in [0.1, 0.15) is 361 Å². The monoisotopic (exact) mass is 1040 g/mol. The molecule has 0 aliphatic carbocycles. The van der Waals surface area contributed by atoms with Gasteiger partial charge >= 0.3 is 5.97 Å². The van der Waals surface area contributed by atoms with Crippen LogP contribution in [0.2, 0.25) is 0 Å². The van der Waals surface area contributed by atoms with Crippen LogP contribution < -0.4 is 5.32 Å². The zero-order valence-corrected chi connectivity index (χ0v) is 49.8. The Labute approximate surface area is 462 Å². The van der Waals surface area contributed by atoms with Gasteiger partial charge in [0.2, 0.25) is 5.91 Å². The maximum atomic E-state index is 12.4. The lowest BCUT2D eigenvalue weighted by Gasteiger charge is -2.20. The lowest BCUT2D eigenvalue weighted by Crippen LogP contribution is -2.45. The van der Waals surface area contributed by atoms with Crippen molar-refractivity contribution >= 4 is 11.9 Å². The second kappa shape index (κ2) is 63.6. The number of esters is 1. The molecule has 2 atom stereocenters. The van der Waals surface area contributed by atoms with Crippen molar-refractivity contribution in [1.82, 2.24) is 5.32 Å². The molecule has 0 heterocycles. The van der Waals surface area contributed by atoms with Gasteiger partial charge in [0, 0.05) is 12.8 Å². The van der Waals surface area contributed by atoms with E-state index in [9.17, 15) is 19.8 Å². The molecule has 2 unspecified atom stereocenters. The Hall–Kier alpha value is -1.92. The Morgan fingerprint density at radius 2 is 0.635 bits per heavy atom. The van der Waals surface area contributed by atoms with E-state index in [1.165, 1.54) is 289 Å². The molecule has 3 N–H and O–H groups in total. The van der Waals surface area contributed by atoms with Crippen LogP contribution in [0.25, 0.3) is 0 Å². The van der Waals surface area contributed by atoms with Gasteiger partial charge in [-0.1, -0.05) is 301 Å². The minimum Gasteiger partial charge on any atom is -0.466 e. The van der Waals surface area contributed by atoms with E-state index in [2.05, 4.69) is 43.5 Å². The fourth-order valence-electron chi connectivity index (χ4n) is 10.3. The average molecular weight is 1040 g/mol. The SMILES string of the molecule is CCCCCCCCC/C=C\CCCCCCCCCC(=O)OCCCCCCCCCCCCCC/C=C\CCCCCCCCCCCCCCCCC(=O)NC(CO)C(O)/C=C/CCCCCCCCC. The van der Waals surface area contributed by atoms with Crippen LogP contribution in [-0.4, -0.2) is 47.4 Å². The highest BCUT2D eigenvalue weighted by atomic mass is 16.5. The number of carbonyl (C=O) groups excluding carboxylic acids is 2. The van der Waals surface area contributed by atoms with E-state index in [1.807, 2.05) is 6.08 Å². The molecular weight excluding hydrogens is 911 g/mol. The number of hydrogen-bond acceptors (Lipinski definition) is 5. The van der Waals surface area contributed by atoms with Crippen molar-refractivity contribution in [3.8, 4) is 0 Å². The number of aliphatic hydroxyl groups excluding tert-OH is 2. The van der Waals surface area contributed by atoms with Crippen LogP contribution in [0.4, 0.5) is 0 Å². The molecule has 0 spiro atoms. The van der Waals surface area contributed by atoms with E-state index in [0.29, 0.717) is 19.4 Å². The quantitative estimate of drug-likeness (QED) is 0.0320. The van der Waals surface area contributed by atoms with Crippen molar-refractivity contribution < 1.29 is 24.5 Å². The van der Waals surface area contributed by atoms with Gasteiger partial charge in [-0.3, -0.25) is 9.59 Å². The Morgan fingerprint density at radius 1 is 0.365 bits per heavy atom. The highest BCUT2D eigenvalue weighted by molar-refractivity contribution is 5.76. The maximum Gasteiger partial charge on any atom is 0.305 e. The van der Waals surface area contributed by atoms with Crippen molar-refractivity contribution in [2.45, 2.75) is 373 Å². The van der Waals surface area contributed by atoms with Gasteiger partial charge in [-0.2, -0.15) is 0 Å². The molecule has 6 heteroatoms. The summed E-state index contributed by atoms with van der Waals surface area (Å²) in [6.07, 6.45) is 80.8. The molecule has 0 aliphatic rings. The summed E-state index contributed by atoms with van der Waals surface area (Å²) < 4.78 is 5.50. The fourth-order valence-corrected chi connectivity index (χ4v) is 10.3. The summed E-state index contributed by atoms with van der Waals surface area (Å²) in [7, 11) is 0. The van der Waals surface area contributed by atoms with Gasteiger partial charge in [0.1, 0.15) is 0 Å². The number of ether oxygens (including phenoxy) is 1. The highest BCUT2D eigenvalue weighted by Crippen LogP contribution is 2.17. The number of hydrogen-bond donors (Lipinski definition) is 3. The van der Waals surface area contributed by atoms with Crippen molar-refractivity contribution in [3.05, 3.63) is 36.5 Å². The van der Waals surface area contributed by atoms with Crippen LogP contribution in [0.5, 0.6) is 0 Å². The van der Waals surface area contributed by atoms with Crippen LogP contribution >= 0.6 is 0 Å². The number of nitrogens with one attached hydrogen (secondary N) is 1. The number of rotatable bonds is 62. The van der Waals surface area contributed by atoms with Crippen LogP contribution in [0.3, 0.4) is 0 Å². The van der Waals surface area contributed by atoms with E-state index in [1.54, 1.807) is 6.08 Å². The molecule has 0 fully saturated rings. The first-order valence-corrected chi connectivity index (χ1v) is 33.3. The Kier molecular flexibility index (Phi) is 62.0. The third kappa shape index (κ3) is 59.3. The normalized spacial score (nSPS) is 12.8. The number of carbonyl (C=O) groups is 2. The van der Waals surface area contributed by atoms with Crippen molar-refractivity contribution in [2.24, 2.45) is 0 Å². The summed E-state index contributed by atoms with van der Waals surface area (Å²) in [5.74, 6) is -0.0545. The van der Waals surface area contributed by atoms with Crippen LogP contribution in [-0.2, 0) is 14.3 Å². The van der Waals surface area contributed by atoms with Crippen molar-refractivity contribution in [1.29, 1.82) is 0 Å². The Morgan fingerprint density at radius 3 is 0.959 bits per heavy atom. The molecule has 0 saturated heterocycles. The first-order valence-electron chi connectivity index (χ1n) is 33.3. The smallest absolute Gasteiger partial charge is 0.305 e. The topological polar surface area (TPSA) is 95.9 Å². The number of amides is 1. The van der Waals surface area contributed by atoms with Gasteiger partial charge in [-0.15, -0.1) is 0 Å². The lowest BCUT2D eigenvalue weighted by molar-refractivity contribution is -0.143. The van der Waals surface area contributed by atoms with Crippen LogP contribution in [0.15, 0.2) is 36.5 Å². The molecule has 0 saturated carbocycles. The molecule has 74 heavy (non-hydrogen) atoms. The summed E-state index contributed by atoms with van der Waals surface area (Å²) in [4.78, 5) is 24.5. The molecule has 6 nitrogen and oxygen atoms in total. The zero-order chi connectivity index (χ0) is 53.6. The van der Waals surface area contributed by atoms with Gasteiger partial charge < -0.3 is 20.3 Å². The first-order chi connectivity index (χ1) is 36.5. The van der Waals surface area contributed by atoms with E-state index in [0.717, 1.165) is 44.9 Å². The summed E-state index contributed by atoms with van der Waals surface area (Å²) in [5.41, 5.74) is 0. The molecule has 0 radical (unpaired) electrons.